The van der Waals surface area contributed by atoms with Gasteiger partial charge in [-0.05, 0) is 42.2 Å². The fraction of sp³-hybridized carbons (Fsp3) is 0.312. The van der Waals surface area contributed by atoms with E-state index in [0.29, 0.717) is 6.54 Å². The van der Waals surface area contributed by atoms with E-state index in [4.69, 9.17) is 4.74 Å². The van der Waals surface area contributed by atoms with Crippen molar-refractivity contribution < 1.29 is 9.53 Å². The van der Waals surface area contributed by atoms with Gasteiger partial charge in [-0.1, -0.05) is 24.8 Å². The van der Waals surface area contributed by atoms with Crippen molar-refractivity contribution in [2.45, 2.75) is 20.3 Å². The summed E-state index contributed by atoms with van der Waals surface area (Å²) < 4.78 is 5.25. The lowest BCUT2D eigenvalue weighted by Gasteiger charge is -2.12. The first-order valence-corrected chi connectivity index (χ1v) is 6.31. The van der Waals surface area contributed by atoms with Gasteiger partial charge in [0.1, 0.15) is 5.75 Å². The molecule has 1 aromatic rings. The summed E-state index contributed by atoms with van der Waals surface area (Å²) >= 11 is 0. The number of nitrogens with one attached hydrogen (secondary N) is 1. The maximum Gasteiger partial charge on any atom is 0.216 e. The molecule has 19 heavy (non-hydrogen) atoms. The zero-order chi connectivity index (χ0) is 14.3. The van der Waals surface area contributed by atoms with Gasteiger partial charge in [0.15, 0.2) is 0 Å². The highest BCUT2D eigenvalue weighted by Crippen LogP contribution is 2.26. The summed E-state index contributed by atoms with van der Waals surface area (Å²) in [6, 6.07) is 5.92. The van der Waals surface area contributed by atoms with Gasteiger partial charge in [-0.2, -0.15) is 0 Å². The quantitative estimate of drug-likeness (QED) is 0.851. The molecule has 0 heterocycles. The molecule has 1 N–H and O–H groups in total. The number of carbonyl (C=O) groups excluding carboxylic acids is 1. The minimum atomic E-state index is -0.0212. The third-order valence-corrected chi connectivity index (χ3v) is 2.79. The number of ether oxygens (including phenoxy) is 1. The summed E-state index contributed by atoms with van der Waals surface area (Å²) in [5.74, 6) is 0.788. The molecule has 0 saturated carbocycles. The Morgan fingerprint density at radius 3 is 2.79 bits per heavy atom. The van der Waals surface area contributed by atoms with E-state index in [1.165, 1.54) is 6.92 Å². The standard InChI is InChI=1S/C16H21NO2/c1-5-6-14-7-8-15(19-4)11-16(14)12(2)9-10-17-13(3)18/h5-8,11H,2,9-10H2,1,3-4H3,(H,17,18)/b6-5-. The van der Waals surface area contributed by atoms with Gasteiger partial charge in [-0.3, -0.25) is 4.79 Å². The zero-order valence-electron chi connectivity index (χ0n) is 11.8. The molecule has 0 radical (unpaired) electrons. The predicted molar refractivity (Wildman–Crippen MR) is 80.0 cm³/mol. The van der Waals surface area contributed by atoms with Crippen LogP contribution in [0.2, 0.25) is 0 Å². The molecule has 0 aliphatic heterocycles. The zero-order valence-corrected chi connectivity index (χ0v) is 11.8. The first-order valence-electron chi connectivity index (χ1n) is 6.31. The lowest BCUT2D eigenvalue weighted by molar-refractivity contribution is -0.118. The van der Waals surface area contributed by atoms with Crippen molar-refractivity contribution in [1.29, 1.82) is 0 Å². The van der Waals surface area contributed by atoms with E-state index in [1.807, 2.05) is 37.3 Å². The van der Waals surface area contributed by atoms with Gasteiger partial charge < -0.3 is 10.1 Å². The highest BCUT2D eigenvalue weighted by Gasteiger charge is 2.06. The van der Waals surface area contributed by atoms with Crippen LogP contribution in [0.4, 0.5) is 0 Å². The second-order valence-electron chi connectivity index (χ2n) is 4.29. The highest BCUT2D eigenvalue weighted by molar-refractivity contribution is 5.75. The molecule has 0 unspecified atom stereocenters. The largest absolute Gasteiger partial charge is 0.497 e. The average Bonchev–Trinajstić information content (AvgIpc) is 2.39. The molecule has 0 saturated heterocycles. The lowest BCUT2D eigenvalue weighted by Crippen LogP contribution is -2.21. The fourth-order valence-electron chi connectivity index (χ4n) is 1.82. The van der Waals surface area contributed by atoms with Crippen molar-refractivity contribution in [2.24, 2.45) is 0 Å². The lowest BCUT2D eigenvalue weighted by atomic mass is 9.98. The molecule has 1 amide bonds. The molecular formula is C16H21NO2. The van der Waals surface area contributed by atoms with E-state index >= 15 is 0 Å². The van der Waals surface area contributed by atoms with Crippen LogP contribution in [0, 0.1) is 0 Å². The number of amides is 1. The van der Waals surface area contributed by atoms with Crippen LogP contribution >= 0.6 is 0 Å². The summed E-state index contributed by atoms with van der Waals surface area (Å²) in [5, 5.41) is 2.78. The Kier molecular flexibility index (Phi) is 5.86. The Hall–Kier alpha value is -2.03. The minimum absolute atomic E-state index is 0.0212. The van der Waals surface area contributed by atoms with Gasteiger partial charge in [-0.25, -0.2) is 0 Å². The van der Waals surface area contributed by atoms with E-state index in [2.05, 4.69) is 11.9 Å². The molecule has 0 aliphatic rings. The number of hydrogen-bond donors (Lipinski definition) is 1. The number of methoxy groups -OCH3 is 1. The Balaban J connectivity index is 2.89. The fourth-order valence-corrected chi connectivity index (χ4v) is 1.82. The molecular weight excluding hydrogens is 238 g/mol. The van der Waals surface area contributed by atoms with Crippen LogP contribution in [0.5, 0.6) is 5.75 Å². The van der Waals surface area contributed by atoms with Gasteiger partial charge >= 0.3 is 0 Å². The molecule has 1 rings (SSSR count). The Labute approximate surface area is 115 Å². The van der Waals surface area contributed by atoms with Crippen molar-refractivity contribution in [2.75, 3.05) is 13.7 Å². The van der Waals surface area contributed by atoms with Crippen molar-refractivity contribution in [3.8, 4) is 5.75 Å². The van der Waals surface area contributed by atoms with Crippen molar-refractivity contribution in [3.63, 3.8) is 0 Å². The Bertz CT molecular complexity index is 490. The molecule has 3 nitrogen and oxygen atoms in total. The number of rotatable bonds is 6. The number of allylic oxidation sites excluding steroid dienone is 1. The average molecular weight is 259 g/mol. The van der Waals surface area contributed by atoms with Crippen LogP contribution in [0.1, 0.15) is 31.4 Å². The van der Waals surface area contributed by atoms with Crippen LogP contribution in [0.3, 0.4) is 0 Å². The Morgan fingerprint density at radius 1 is 1.47 bits per heavy atom. The van der Waals surface area contributed by atoms with Gasteiger partial charge in [-0.15, -0.1) is 0 Å². The van der Waals surface area contributed by atoms with E-state index in [1.54, 1.807) is 7.11 Å². The summed E-state index contributed by atoms with van der Waals surface area (Å²) in [4.78, 5) is 10.9. The van der Waals surface area contributed by atoms with Crippen molar-refractivity contribution >= 4 is 17.6 Å². The molecule has 102 valence electrons. The summed E-state index contributed by atoms with van der Waals surface area (Å²) in [6.07, 6.45) is 4.75. The third kappa shape index (κ3) is 4.62. The van der Waals surface area contributed by atoms with E-state index in [-0.39, 0.29) is 5.91 Å². The van der Waals surface area contributed by atoms with Gasteiger partial charge in [0, 0.05) is 13.5 Å². The monoisotopic (exact) mass is 259 g/mol. The van der Waals surface area contributed by atoms with Crippen LogP contribution in [0.25, 0.3) is 11.6 Å². The Morgan fingerprint density at radius 2 is 2.21 bits per heavy atom. The van der Waals surface area contributed by atoms with E-state index < -0.39 is 0 Å². The molecule has 0 spiro atoms. The number of hydrogen-bond acceptors (Lipinski definition) is 2. The maximum absolute atomic E-state index is 10.9. The van der Waals surface area contributed by atoms with Crippen molar-refractivity contribution in [3.05, 3.63) is 42.0 Å². The smallest absolute Gasteiger partial charge is 0.216 e. The molecule has 0 aliphatic carbocycles. The van der Waals surface area contributed by atoms with Gasteiger partial charge in [0.2, 0.25) is 5.91 Å². The highest BCUT2D eigenvalue weighted by atomic mass is 16.5. The molecule has 0 atom stereocenters. The third-order valence-electron chi connectivity index (χ3n) is 2.79. The van der Waals surface area contributed by atoms with Crippen LogP contribution in [-0.4, -0.2) is 19.6 Å². The van der Waals surface area contributed by atoms with Crippen LogP contribution in [0.15, 0.2) is 30.9 Å². The summed E-state index contributed by atoms with van der Waals surface area (Å²) in [6.45, 7) is 8.19. The predicted octanol–water partition coefficient (Wildman–Crippen LogP) is 3.27. The molecule has 0 bridgehead atoms. The second kappa shape index (κ2) is 7.41. The van der Waals surface area contributed by atoms with Gasteiger partial charge in [0.25, 0.3) is 0 Å². The topological polar surface area (TPSA) is 38.3 Å². The van der Waals surface area contributed by atoms with Crippen LogP contribution in [-0.2, 0) is 4.79 Å². The number of benzene rings is 1. The van der Waals surface area contributed by atoms with Gasteiger partial charge in [0.05, 0.1) is 7.11 Å². The molecule has 3 heteroatoms. The maximum atomic E-state index is 10.9. The molecule has 0 aromatic heterocycles. The second-order valence-corrected chi connectivity index (χ2v) is 4.29. The SMILES string of the molecule is C=C(CCNC(C)=O)c1cc(OC)ccc1/C=C\C. The van der Waals surface area contributed by atoms with Crippen molar-refractivity contribution in [1.82, 2.24) is 5.32 Å². The van der Waals surface area contributed by atoms with E-state index in [0.717, 1.165) is 28.9 Å². The van der Waals surface area contributed by atoms with E-state index in [9.17, 15) is 4.79 Å². The first kappa shape index (κ1) is 15.0. The molecule has 0 fully saturated rings. The minimum Gasteiger partial charge on any atom is -0.497 e. The van der Waals surface area contributed by atoms with Crippen LogP contribution < -0.4 is 10.1 Å². The number of carbonyl (C=O) groups is 1. The first-order chi connectivity index (χ1) is 9.08. The summed E-state index contributed by atoms with van der Waals surface area (Å²) in [7, 11) is 1.65. The summed E-state index contributed by atoms with van der Waals surface area (Å²) in [5.41, 5.74) is 3.15. The normalized spacial score (nSPS) is 10.5. The molecule has 1 aromatic carbocycles.